The minimum Gasteiger partial charge on any atom is -0.464 e. The van der Waals surface area contributed by atoms with E-state index in [1.165, 1.54) is 19.2 Å². The number of esters is 1. The zero-order chi connectivity index (χ0) is 18.8. The predicted octanol–water partition coefficient (Wildman–Crippen LogP) is 2.45. The van der Waals surface area contributed by atoms with Crippen LogP contribution in [0.3, 0.4) is 0 Å². The predicted molar refractivity (Wildman–Crippen MR) is 90.1 cm³/mol. The van der Waals surface area contributed by atoms with Crippen LogP contribution in [0.25, 0.3) is 0 Å². The maximum absolute atomic E-state index is 14.3. The maximum atomic E-state index is 14.3. The van der Waals surface area contributed by atoms with Gasteiger partial charge in [0, 0.05) is 25.7 Å². The van der Waals surface area contributed by atoms with E-state index in [1.54, 1.807) is 9.80 Å². The Morgan fingerprint density at radius 3 is 2.48 bits per heavy atom. The summed E-state index contributed by atoms with van der Waals surface area (Å²) in [6.45, 7) is 8.62. The summed E-state index contributed by atoms with van der Waals surface area (Å²) in [6.07, 6.45) is -0.376. The second-order valence-corrected chi connectivity index (χ2v) is 6.97. The Labute approximate surface area is 146 Å². The summed E-state index contributed by atoms with van der Waals surface area (Å²) in [5.74, 6) is -1.42. The lowest BCUT2D eigenvalue weighted by Gasteiger charge is -2.41. The molecule has 1 aliphatic heterocycles. The fourth-order valence-electron chi connectivity index (χ4n) is 2.65. The molecule has 1 aliphatic rings. The lowest BCUT2D eigenvalue weighted by molar-refractivity contribution is 0.0158. The fourth-order valence-corrected chi connectivity index (χ4v) is 2.65. The molecule has 0 aliphatic carbocycles. The molecule has 0 N–H and O–H groups in total. The number of halogens is 1. The summed E-state index contributed by atoms with van der Waals surface area (Å²) in [5.41, 5.74) is -0.347. The number of rotatable bonds is 2. The zero-order valence-electron chi connectivity index (χ0n) is 15.2. The van der Waals surface area contributed by atoms with Crippen LogP contribution in [0.2, 0.25) is 0 Å². The van der Waals surface area contributed by atoms with Gasteiger partial charge >= 0.3 is 12.1 Å². The number of ether oxygens (including phenoxy) is 2. The van der Waals surface area contributed by atoms with Gasteiger partial charge in [0.05, 0.1) is 12.8 Å². The van der Waals surface area contributed by atoms with Gasteiger partial charge in [-0.05, 0) is 39.8 Å². The van der Waals surface area contributed by atoms with Crippen molar-refractivity contribution in [2.45, 2.75) is 39.3 Å². The number of hydrogen-bond donors (Lipinski definition) is 0. The van der Waals surface area contributed by atoms with Crippen LogP contribution in [0.4, 0.5) is 14.9 Å². The first-order valence-corrected chi connectivity index (χ1v) is 8.12. The first-order chi connectivity index (χ1) is 11.6. The molecule has 0 spiro atoms. The lowest BCUT2D eigenvalue weighted by Crippen LogP contribution is -2.55. The number of hydrogen-bond acceptors (Lipinski definition) is 6. The Bertz CT molecular complexity index is 660. The highest BCUT2D eigenvalue weighted by molar-refractivity contribution is 5.87. The van der Waals surface area contributed by atoms with Gasteiger partial charge in [-0.25, -0.2) is 14.6 Å². The molecule has 0 aromatic carbocycles. The molecule has 1 atom stereocenters. The maximum Gasteiger partial charge on any atom is 0.410 e. The number of nitrogens with zero attached hydrogens (tertiary/aromatic N) is 3. The summed E-state index contributed by atoms with van der Waals surface area (Å²) in [6, 6.07) is 2.78. The van der Waals surface area contributed by atoms with E-state index in [9.17, 15) is 14.0 Å². The normalized spacial score (nSPS) is 18.1. The molecular weight excluding hydrogens is 329 g/mol. The molecule has 138 valence electrons. The molecule has 0 saturated carbocycles. The summed E-state index contributed by atoms with van der Waals surface area (Å²) in [7, 11) is 1.22. The zero-order valence-corrected chi connectivity index (χ0v) is 15.2. The minimum atomic E-state index is -0.735. The molecule has 8 heteroatoms. The SMILES string of the molecule is COC(=O)c1ccc(N2CCN(C(=O)OC(C)(C)C)[C@@H](C)C2)c(F)n1. The first-order valence-electron chi connectivity index (χ1n) is 8.12. The van der Waals surface area contributed by atoms with Crippen molar-refractivity contribution in [2.75, 3.05) is 31.6 Å². The minimum absolute atomic E-state index is 0.0795. The van der Waals surface area contributed by atoms with Crippen LogP contribution in [0.1, 0.15) is 38.2 Å². The van der Waals surface area contributed by atoms with E-state index in [0.717, 1.165) is 0 Å². The molecule has 0 bridgehead atoms. The van der Waals surface area contributed by atoms with Gasteiger partial charge in [0.25, 0.3) is 0 Å². The van der Waals surface area contributed by atoms with Crippen LogP contribution in [-0.4, -0.2) is 60.3 Å². The van der Waals surface area contributed by atoms with Crippen molar-refractivity contribution >= 4 is 17.7 Å². The molecule has 2 rings (SSSR count). The Morgan fingerprint density at radius 1 is 1.28 bits per heavy atom. The van der Waals surface area contributed by atoms with Gasteiger partial charge < -0.3 is 19.3 Å². The van der Waals surface area contributed by atoms with Gasteiger partial charge in [-0.1, -0.05) is 0 Å². The molecule has 0 unspecified atom stereocenters. The highest BCUT2D eigenvalue weighted by Gasteiger charge is 2.32. The fraction of sp³-hybridized carbons (Fsp3) is 0.588. The van der Waals surface area contributed by atoms with Crippen LogP contribution >= 0.6 is 0 Å². The van der Waals surface area contributed by atoms with Crippen LogP contribution in [0.15, 0.2) is 12.1 Å². The van der Waals surface area contributed by atoms with E-state index in [0.29, 0.717) is 25.3 Å². The van der Waals surface area contributed by atoms with Gasteiger partial charge in [0.2, 0.25) is 5.95 Å². The molecule has 1 fully saturated rings. The number of carbonyl (C=O) groups is 2. The number of methoxy groups -OCH3 is 1. The van der Waals surface area contributed by atoms with E-state index in [-0.39, 0.29) is 17.8 Å². The van der Waals surface area contributed by atoms with Crippen molar-refractivity contribution < 1.29 is 23.5 Å². The van der Waals surface area contributed by atoms with Crippen molar-refractivity contribution in [3.05, 3.63) is 23.8 Å². The van der Waals surface area contributed by atoms with E-state index in [4.69, 9.17) is 4.74 Å². The summed E-state index contributed by atoms with van der Waals surface area (Å²) in [4.78, 5) is 30.7. The number of amides is 1. The number of anilines is 1. The Morgan fingerprint density at radius 2 is 1.96 bits per heavy atom. The largest absolute Gasteiger partial charge is 0.464 e. The Kier molecular flexibility index (Phi) is 5.49. The van der Waals surface area contributed by atoms with Gasteiger partial charge in [0.1, 0.15) is 5.60 Å². The van der Waals surface area contributed by atoms with Crippen molar-refractivity contribution in [3.8, 4) is 0 Å². The van der Waals surface area contributed by atoms with Gasteiger partial charge in [0.15, 0.2) is 5.69 Å². The van der Waals surface area contributed by atoms with Gasteiger partial charge in [-0.15, -0.1) is 0 Å². The molecular formula is C17H24FN3O4. The summed E-state index contributed by atoms with van der Waals surface area (Å²) in [5, 5.41) is 0. The van der Waals surface area contributed by atoms with Crippen LogP contribution in [-0.2, 0) is 9.47 Å². The van der Waals surface area contributed by atoms with E-state index in [1.807, 2.05) is 27.7 Å². The van der Waals surface area contributed by atoms with E-state index in [2.05, 4.69) is 9.72 Å². The Balaban J connectivity index is 2.08. The number of aromatic nitrogens is 1. The quantitative estimate of drug-likeness (QED) is 0.601. The average molecular weight is 353 g/mol. The molecule has 1 aromatic rings. The number of carbonyl (C=O) groups excluding carboxylic acids is 2. The Hall–Kier alpha value is -2.38. The third-order valence-corrected chi connectivity index (χ3v) is 3.82. The monoisotopic (exact) mass is 353 g/mol. The van der Waals surface area contributed by atoms with E-state index < -0.39 is 17.5 Å². The molecule has 1 saturated heterocycles. The molecule has 2 heterocycles. The number of pyridine rings is 1. The molecule has 7 nitrogen and oxygen atoms in total. The van der Waals surface area contributed by atoms with E-state index >= 15 is 0 Å². The second-order valence-electron chi connectivity index (χ2n) is 6.97. The topological polar surface area (TPSA) is 72.0 Å². The van der Waals surface area contributed by atoms with Crippen LogP contribution < -0.4 is 4.90 Å². The third-order valence-electron chi connectivity index (χ3n) is 3.82. The van der Waals surface area contributed by atoms with Gasteiger partial charge in [-0.2, -0.15) is 4.39 Å². The highest BCUT2D eigenvalue weighted by atomic mass is 19.1. The van der Waals surface area contributed by atoms with Crippen molar-refractivity contribution in [2.24, 2.45) is 0 Å². The highest BCUT2D eigenvalue weighted by Crippen LogP contribution is 2.23. The van der Waals surface area contributed by atoms with Crippen LogP contribution in [0, 0.1) is 5.95 Å². The summed E-state index contributed by atoms with van der Waals surface area (Å²) < 4.78 is 24.2. The number of piperazine rings is 1. The summed E-state index contributed by atoms with van der Waals surface area (Å²) >= 11 is 0. The van der Waals surface area contributed by atoms with Gasteiger partial charge in [-0.3, -0.25) is 0 Å². The lowest BCUT2D eigenvalue weighted by atomic mass is 10.1. The third kappa shape index (κ3) is 4.58. The molecule has 1 amide bonds. The van der Waals surface area contributed by atoms with Crippen molar-refractivity contribution in [3.63, 3.8) is 0 Å². The smallest absolute Gasteiger partial charge is 0.410 e. The van der Waals surface area contributed by atoms with Crippen LogP contribution in [0.5, 0.6) is 0 Å². The molecule has 25 heavy (non-hydrogen) atoms. The first kappa shape index (κ1) is 19.0. The molecule has 1 aromatic heterocycles. The van der Waals surface area contributed by atoms with Crippen molar-refractivity contribution in [1.29, 1.82) is 0 Å². The molecule has 0 radical (unpaired) electrons. The second kappa shape index (κ2) is 7.25. The standard InChI is InChI=1S/C17H24FN3O4/c1-11-10-20(8-9-21(11)16(23)25-17(2,3)4)13-7-6-12(15(22)24-5)19-14(13)18/h6-7,11H,8-10H2,1-5H3/t11-/m0/s1. The van der Waals surface area contributed by atoms with Crippen molar-refractivity contribution in [1.82, 2.24) is 9.88 Å². The average Bonchev–Trinajstić information content (AvgIpc) is 2.52.